The number of hydrogen-bond donors (Lipinski definition) is 2. The highest BCUT2D eigenvalue weighted by atomic mass is 35.5. The predicted molar refractivity (Wildman–Crippen MR) is 110 cm³/mol. The minimum Gasteiger partial charge on any atom is -0.383 e. The molecule has 0 fully saturated rings. The summed E-state index contributed by atoms with van der Waals surface area (Å²) in [7, 11) is 3.03. The number of aromatic nitrogens is 2. The first-order valence-electron chi connectivity index (χ1n) is 8.34. The molecule has 1 amide bonds. The second-order valence-corrected chi connectivity index (χ2v) is 8.33. The third-order valence-corrected chi connectivity index (χ3v) is 5.14. The van der Waals surface area contributed by atoms with Crippen molar-refractivity contribution in [3.8, 4) is 0 Å². The summed E-state index contributed by atoms with van der Waals surface area (Å²) in [4.78, 5) is 23.8. The highest BCUT2D eigenvalue weighted by molar-refractivity contribution is 8.15. The number of benzene rings is 1. The first kappa shape index (κ1) is 23.0. The van der Waals surface area contributed by atoms with Crippen molar-refractivity contribution in [3.05, 3.63) is 52.6 Å². The molecule has 1 heterocycles. The van der Waals surface area contributed by atoms with Gasteiger partial charge in [0.05, 0.1) is 19.0 Å². The van der Waals surface area contributed by atoms with Crippen LogP contribution in [0.15, 0.2) is 29.5 Å². The number of anilines is 1. The molecule has 0 saturated heterocycles. The lowest BCUT2D eigenvalue weighted by Gasteiger charge is -2.28. The van der Waals surface area contributed by atoms with Gasteiger partial charge < -0.3 is 15.8 Å². The molecule has 0 radical (unpaired) electrons. The number of halogens is 3. The van der Waals surface area contributed by atoms with E-state index in [1.54, 1.807) is 6.92 Å². The molecule has 11 heteroatoms. The Kier molecular flexibility index (Phi) is 7.88. The monoisotopic (exact) mass is 443 g/mol. The fourth-order valence-electron chi connectivity index (χ4n) is 2.59. The molecule has 3 N–H and O–H groups in total. The Bertz CT molecular complexity index is 914. The van der Waals surface area contributed by atoms with Gasteiger partial charge in [-0.05, 0) is 25.0 Å². The number of methoxy groups -OCH3 is 1. The highest BCUT2D eigenvalue weighted by Crippen LogP contribution is 2.32. The summed E-state index contributed by atoms with van der Waals surface area (Å²) in [6, 6.07) is 2.25. The topological polar surface area (TPSA) is 102 Å². The number of amidine groups is 1. The molecule has 1 atom stereocenters. The smallest absolute Gasteiger partial charge is 0.275 e. The van der Waals surface area contributed by atoms with Crippen LogP contribution in [0.1, 0.15) is 23.0 Å². The summed E-state index contributed by atoms with van der Waals surface area (Å²) in [6.45, 7) is 2.01. The zero-order chi connectivity index (χ0) is 21.6. The molecule has 0 aliphatic carbocycles. The Morgan fingerprint density at radius 3 is 2.69 bits per heavy atom. The van der Waals surface area contributed by atoms with E-state index in [-0.39, 0.29) is 40.3 Å². The van der Waals surface area contributed by atoms with Crippen molar-refractivity contribution in [2.45, 2.75) is 18.1 Å². The van der Waals surface area contributed by atoms with Gasteiger partial charge in [-0.2, -0.15) is 0 Å². The van der Waals surface area contributed by atoms with Gasteiger partial charge >= 0.3 is 0 Å². The molecule has 0 unspecified atom stereocenters. The van der Waals surface area contributed by atoms with E-state index in [9.17, 15) is 13.6 Å². The lowest BCUT2D eigenvalue weighted by atomic mass is 9.99. The second-order valence-electron chi connectivity index (χ2n) is 6.33. The van der Waals surface area contributed by atoms with E-state index in [2.05, 4.69) is 20.3 Å². The number of nitrogens with one attached hydrogen (secondary N) is 1. The van der Waals surface area contributed by atoms with E-state index in [1.165, 1.54) is 44.4 Å². The normalized spacial score (nSPS) is 13.8. The summed E-state index contributed by atoms with van der Waals surface area (Å²) in [5, 5.41) is 2.89. The number of nitrogens with two attached hydrogens (primary N) is 1. The molecule has 0 saturated carbocycles. The van der Waals surface area contributed by atoms with E-state index in [0.29, 0.717) is 0 Å². The van der Waals surface area contributed by atoms with E-state index in [0.717, 1.165) is 6.07 Å². The second kappa shape index (κ2) is 9.95. The molecular formula is C18H20ClF2N5O2S. The Labute approximate surface area is 176 Å². The van der Waals surface area contributed by atoms with Crippen LogP contribution in [0, 0.1) is 11.6 Å². The number of amides is 1. The number of rotatable bonds is 7. The minimum absolute atomic E-state index is 0.0209. The molecule has 0 aliphatic heterocycles. The maximum Gasteiger partial charge on any atom is 0.275 e. The van der Waals surface area contributed by atoms with Gasteiger partial charge in [-0.15, -0.1) is 0 Å². The van der Waals surface area contributed by atoms with E-state index in [1.807, 2.05) is 0 Å². The fraction of sp³-hybridized carbons (Fsp3) is 0.333. The summed E-state index contributed by atoms with van der Waals surface area (Å²) in [6.07, 6.45) is 2.47. The number of hydrogen-bond acceptors (Lipinski definition) is 6. The molecule has 0 spiro atoms. The van der Waals surface area contributed by atoms with Gasteiger partial charge in [0.1, 0.15) is 10.8 Å². The van der Waals surface area contributed by atoms with Gasteiger partial charge in [-0.25, -0.2) is 18.7 Å². The first-order chi connectivity index (χ1) is 13.7. The third kappa shape index (κ3) is 6.34. The van der Waals surface area contributed by atoms with Crippen molar-refractivity contribution in [2.24, 2.45) is 10.7 Å². The van der Waals surface area contributed by atoms with E-state index >= 15 is 0 Å². The van der Waals surface area contributed by atoms with Crippen LogP contribution in [-0.2, 0) is 11.2 Å². The standard InChI is InChI=1S/C18H20ClF2N5O2S/c1-18(9-28-3,29-17(22)23-2)6-10-4-11(5-12(20)15(10)21)26-16(27)13-7-25-14(19)8-24-13/h4-5,7-8H,6,9H2,1-3H3,(H2,22,23)(H,26,27)/t18-/m1/s1. The number of thioether (sulfide) groups is 1. The summed E-state index contributed by atoms with van der Waals surface area (Å²) in [5.74, 6) is -2.74. The van der Waals surface area contributed by atoms with Crippen LogP contribution in [0.4, 0.5) is 14.5 Å². The van der Waals surface area contributed by atoms with Gasteiger partial charge in [0.15, 0.2) is 16.8 Å². The molecule has 2 aromatic rings. The zero-order valence-corrected chi connectivity index (χ0v) is 17.6. The average Bonchev–Trinajstić information content (AvgIpc) is 2.66. The maximum atomic E-state index is 14.4. The van der Waals surface area contributed by atoms with Crippen LogP contribution in [-0.4, -0.2) is 46.6 Å². The quantitative estimate of drug-likeness (QED) is 0.503. The molecule has 1 aromatic heterocycles. The predicted octanol–water partition coefficient (Wildman–Crippen LogP) is 3.29. The van der Waals surface area contributed by atoms with Gasteiger partial charge in [0.25, 0.3) is 5.91 Å². The molecule has 156 valence electrons. The Hall–Kier alpha value is -2.30. The summed E-state index contributed by atoms with van der Waals surface area (Å²) >= 11 is 6.84. The van der Waals surface area contributed by atoms with Crippen molar-refractivity contribution >= 4 is 40.1 Å². The van der Waals surface area contributed by atoms with E-state index < -0.39 is 22.3 Å². The van der Waals surface area contributed by atoms with Crippen LogP contribution in [0.3, 0.4) is 0 Å². The molecule has 2 rings (SSSR count). The Balaban J connectivity index is 2.29. The van der Waals surface area contributed by atoms with Crippen molar-refractivity contribution in [1.29, 1.82) is 0 Å². The number of ether oxygens (including phenoxy) is 1. The molecule has 1 aromatic carbocycles. The van der Waals surface area contributed by atoms with Crippen molar-refractivity contribution in [2.75, 3.05) is 26.1 Å². The van der Waals surface area contributed by atoms with Gasteiger partial charge in [0.2, 0.25) is 0 Å². The summed E-state index contributed by atoms with van der Waals surface area (Å²) < 4.78 is 33.1. The van der Waals surface area contributed by atoms with Gasteiger partial charge in [0, 0.05) is 30.7 Å². The van der Waals surface area contributed by atoms with Crippen LogP contribution in [0.25, 0.3) is 0 Å². The lowest BCUT2D eigenvalue weighted by molar-refractivity contribution is 0.102. The average molecular weight is 444 g/mol. The number of carbonyl (C=O) groups is 1. The number of aliphatic imine (C=N–C) groups is 1. The van der Waals surface area contributed by atoms with Gasteiger partial charge in [-0.1, -0.05) is 23.4 Å². The zero-order valence-electron chi connectivity index (χ0n) is 16.0. The third-order valence-electron chi connectivity index (χ3n) is 3.80. The minimum atomic E-state index is -1.10. The van der Waals surface area contributed by atoms with Crippen LogP contribution in [0.2, 0.25) is 5.15 Å². The SMILES string of the molecule is CN=C(N)S[C@@](C)(COC)Cc1cc(NC(=O)c2cnc(Cl)cn2)cc(F)c1F. The molecule has 0 bridgehead atoms. The lowest BCUT2D eigenvalue weighted by Crippen LogP contribution is -2.33. The fourth-order valence-corrected chi connectivity index (χ4v) is 3.69. The number of carbonyl (C=O) groups excluding carboxylic acids is 1. The number of nitrogens with zero attached hydrogens (tertiary/aromatic N) is 3. The Morgan fingerprint density at radius 2 is 2.10 bits per heavy atom. The molecule has 0 aliphatic rings. The summed E-state index contributed by atoms with van der Waals surface area (Å²) in [5.41, 5.74) is 5.90. The van der Waals surface area contributed by atoms with E-state index in [4.69, 9.17) is 22.1 Å². The van der Waals surface area contributed by atoms with Crippen LogP contribution < -0.4 is 11.1 Å². The van der Waals surface area contributed by atoms with Gasteiger partial charge in [-0.3, -0.25) is 9.79 Å². The van der Waals surface area contributed by atoms with Crippen molar-refractivity contribution in [3.63, 3.8) is 0 Å². The highest BCUT2D eigenvalue weighted by Gasteiger charge is 2.29. The largest absolute Gasteiger partial charge is 0.383 e. The first-order valence-corrected chi connectivity index (χ1v) is 9.54. The molecular weight excluding hydrogens is 424 g/mol. The van der Waals surface area contributed by atoms with Crippen LogP contribution in [0.5, 0.6) is 0 Å². The van der Waals surface area contributed by atoms with Crippen molar-refractivity contribution < 1.29 is 18.3 Å². The molecule has 7 nitrogen and oxygen atoms in total. The Morgan fingerprint density at radius 1 is 1.38 bits per heavy atom. The maximum absolute atomic E-state index is 14.4. The van der Waals surface area contributed by atoms with Crippen LogP contribution >= 0.6 is 23.4 Å². The molecule has 29 heavy (non-hydrogen) atoms. The van der Waals surface area contributed by atoms with Crippen molar-refractivity contribution in [1.82, 2.24) is 9.97 Å².